The number of carbonyl (C=O) groups excluding carboxylic acids is 1. The second kappa shape index (κ2) is 8.56. The molecule has 0 spiro atoms. The highest BCUT2D eigenvalue weighted by atomic mass is 35.5. The molecule has 0 saturated carbocycles. The van der Waals surface area contributed by atoms with Crippen molar-refractivity contribution in [2.45, 2.75) is 38.1 Å². The third-order valence-corrected chi connectivity index (χ3v) is 6.17. The molecule has 1 amide bonds. The molecular formula is C23H26ClN3O2. The third-order valence-electron chi connectivity index (χ3n) is 5.92. The van der Waals surface area contributed by atoms with Gasteiger partial charge >= 0.3 is 0 Å². The molecule has 6 heteroatoms. The van der Waals surface area contributed by atoms with Crippen LogP contribution < -0.4 is 5.32 Å². The number of ether oxygens (including phenoxy) is 1. The zero-order valence-corrected chi connectivity index (χ0v) is 17.4. The zero-order chi connectivity index (χ0) is 20.3. The minimum Gasteiger partial charge on any atom is -0.381 e. The van der Waals surface area contributed by atoms with Crippen molar-refractivity contribution in [1.82, 2.24) is 15.1 Å². The molecule has 1 aliphatic heterocycles. The highest BCUT2D eigenvalue weighted by molar-refractivity contribution is 6.30. The van der Waals surface area contributed by atoms with E-state index in [-0.39, 0.29) is 5.91 Å². The van der Waals surface area contributed by atoms with Crippen LogP contribution in [0, 0.1) is 6.92 Å². The minimum atomic E-state index is -0.543. The molecule has 1 saturated heterocycles. The Morgan fingerprint density at radius 3 is 2.62 bits per heavy atom. The van der Waals surface area contributed by atoms with Crippen LogP contribution in [-0.4, -0.2) is 35.4 Å². The number of aromatic nitrogens is 2. The molecular weight excluding hydrogens is 386 g/mol. The van der Waals surface area contributed by atoms with E-state index in [1.165, 1.54) is 5.39 Å². The van der Waals surface area contributed by atoms with E-state index in [4.69, 9.17) is 16.3 Å². The predicted octanol–water partition coefficient (Wildman–Crippen LogP) is 4.25. The maximum atomic E-state index is 13.2. The van der Waals surface area contributed by atoms with Gasteiger partial charge in [-0.3, -0.25) is 9.48 Å². The van der Waals surface area contributed by atoms with Crippen LogP contribution in [0.3, 0.4) is 0 Å². The summed E-state index contributed by atoms with van der Waals surface area (Å²) in [6.45, 7) is 4.66. The lowest BCUT2D eigenvalue weighted by Gasteiger charge is -2.36. The molecule has 1 aliphatic rings. The predicted molar refractivity (Wildman–Crippen MR) is 115 cm³/mol. The molecule has 2 heterocycles. The molecule has 0 bridgehead atoms. The summed E-state index contributed by atoms with van der Waals surface area (Å²) in [6.07, 6.45) is 2.20. The van der Waals surface area contributed by atoms with Gasteiger partial charge in [0.05, 0.1) is 10.9 Å². The largest absolute Gasteiger partial charge is 0.381 e. The number of hydrogen-bond donors (Lipinski definition) is 1. The van der Waals surface area contributed by atoms with E-state index in [2.05, 4.69) is 23.4 Å². The van der Waals surface area contributed by atoms with Crippen molar-refractivity contribution >= 4 is 28.4 Å². The normalized spacial score (nSPS) is 16.1. The van der Waals surface area contributed by atoms with Gasteiger partial charge in [0.1, 0.15) is 0 Å². The fourth-order valence-electron chi connectivity index (χ4n) is 4.16. The average Bonchev–Trinajstić information content (AvgIpc) is 3.08. The Bertz CT molecular complexity index is 991. The van der Waals surface area contributed by atoms with Gasteiger partial charge in [-0.1, -0.05) is 41.9 Å². The lowest BCUT2D eigenvalue weighted by Crippen LogP contribution is -2.48. The fraction of sp³-hybridized carbons (Fsp3) is 0.391. The van der Waals surface area contributed by atoms with E-state index in [9.17, 15) is 4.79 Å². The molecule has 0 atom stereocenters. The molecule has 1 aromatic heterocycles. The van der Waals surface area contributed by atoms with Crippen LogP contribution >= 0.6 is 11.6 Å². The van der Waals surface area contributed by atoms with E-state index >= 15 is 0 Å². The van der Waals surface area contributed by atoms with Crippen molar-refractivity contribution in [3.8, 4) is 0 Å². The lowest BCUT2D eigenvalue weighted by molar-refractivity contribution is -0.130. The van der Waals surface area contributed by atoms with E-state index in [0.29, 0.717) is 37.6 Å². The summed E-state index contributed by atoms with van der Waals surface area (Å²) in [4.78, 5) is 13.2. The minimum absolute atomic E-state index is 0.0745. The molecule has 0 aliphatic carbocycles. The smallest absolute Gasteiger partial charge is 0.230 e. The summed E-state index contributed by atoms with van der Waals surface area (Å²) >= 11 is 6.04. The molecule has 1 N–H and O–H groups in total. The number of carbonyl (C=O) groups is 1. The number of benzene rings is 2. The molecule has 3 aromatic rings. The van der Waals surface area contributed by atoms with E-state index < -0.39 is 5.41 Å². The van der Waals surface area contributed by atoms with Gasteiger partial charge in [-0.2, -0.15) is 5.10 Å². The quantitative estimate of drug-likeness (QED) is 0.617. The molecule has 0 unspecified atom stereocenters. The highest BCUT2D eigenvalue weighted by Gasteiger charge is 2.41. The van der Waals surface area contributed by atoms with Crippen LogP contribution in [0.1, 0.15) is 30.5 Å². The van der Waals surface area contributed by atoms with Crippen LogP contribution in [-0.2, 0) is 21.5 Å². The van der Waals surface area contributed by atoms with Crippen molar-refractivity contribution in [2.24, 2.45) is 0 Å². The first-order valence-electron chi connectivity index (χ1n) is 10.1. The number of aryl methyl sites for hydroxylation is 2. The van der Waals surface area contributed by atoms with Gasteiger partial charge in [0.25, 0.3) is 0 Å². The van der Waals surface area contributed by atoms with Crippen LogP contribution in [0.5, 0.6) is 0 Å². The Labute approximate surface area is 176 Å². The number of halogens is 1. The van der Waals surface area contributed by atoms with Crippen molar-refractivity contribution in [3.05, 3.63) is 64.8 Å². The summed E-state index contributed by atoms with van der Waals surface area (Å²) in [6, 6.07) is 15.8. The Morgan fingerprint density at radius 1 is 1.17 bits per heavy atom. The Kier molecular flexibility index (Phi) is 5.88. The number of fused-ring (bicyclic) bond motifs is 1. The van der Waals surface area contributed by atoms with Crippen molar-refractivity contribution < 1.29 is 9.53 Å². The van der Waals surface area contributed by atoms with Gasteiger partial charge in [0.15, 0.2) is 0 Å². The first-order chi connectivity index (χ1) is 14.1. The average molecular weight is 412 g/mol. The number of nitrogens with zero attached hydrogens (tertiary/aromatic N) is 2. The zero-order valence-electron chi connectivity index (χ0n) is 16.7. The van der Waals surface area contributed by atoms with Gasteiger partial charge < -0.3 is 10.1 Å². The van der Waals surface area contributed by atoms with Crippen LogP contribution in [0.25, 0.3) is 10.9 Å². The lowest BCUT2D eigenvalue weighted by atomic mass is 9.73. The molecule has 4 rings (SSSR count). The summed E-state index contributed by atoms with van der Waals surface area (Å²) in [7, 11) is 0. The summed E-state index contributed by atoms with van der Waals surface area (Å²) in [5.74, 6) is 0.0745. The van der Waals surface area contributed by atoms with Crippen LogP contribution in [0.4, 0.5) is 0 Å². The van der Waals surface area contributed by atoms with E-state index in [1.807, 2.05) is 47.1 Å². The molecule has 29 heavy (non-hydrogen) atoms. The van der Waals surface area contributed by atoms with Gasteiger partial charge in [0, 0.05) is 42.4 Å². The second-order valence-electron chi connectivity index (χ2n) is 7.64. The monoisotopic (exact) mass is 411 g/mol. The third kappa shape index (κ3) is 4.02. The highest BCUT2D eigenvalue weighted by Crippen LogP contribution is 2.35. The standard InChI is InChI=1S/C23H26ClN3O2/c1-17-20-5-2-3-6-21(20)26-27(17)14-4-13-25-22(28)23(11-15-29-16-12-23)18-7-9-19(24)10-8-18/h2-3,5-10H,4,11-16H2,1H3,(H,25,28). The number of amides is 1. The molecule has 2 aromatic carbocycles. The number of rotatable bonds is 6. The molecule has 5 nitrogen and oxygen atoms in total. The summed E-state index contributed by atoms with van der Waals surface area (Å²) < 4.78 is 7.56. The Morgan fingerprint density at radius 2 is 1.90 bits per heavy atom. The van der Waals surface area contributed by atoms with Crippen molar-refractivity contribution in [1.29, 1.82) is 0 Å². The molecule has 1 fully saturated rings. The second-order valence-corrected chi connectivity index (χ2v) is 8.07. The SMILES string of the molecule is Cc1c2ccccc2nn1CCCNC(=O)C1(c2ccc(Cl)cc2)CCOCC1. The van der Waals surface area contributed by atoms with Crippen LogP contribution in [0.2, 0.25) is 5.02 Å². The number of nitrogens with one attached hydrogen (secondary N) is 1. The van der Waals surface area contributed by atoms with Gasteiger partial charge in [-0.05, 0) is 49.9 Å². The summed E-state index contributed by atoms with van der Waals surface area (Å²) in [5, 5.41) is 9.68. The topological polar surface area (TPSA) is 56.2 Å². The van der Waals surface area contributed by atoms with Crippen molar-refractivity contribution in [3.63, 3.8) is 0 Å². The van der Waals surface area contributed by atoms with Gasteiger partial charge in [0.2, 0.25) is 5.91 Å². The maximum Gasteiger partial charge on any atom is 0.230 e. The number of hydrogen-bond acceptors (Lipinski definition) is 3. The van der Waals surface area contributed by atoms with E-state index in [1.54, 1.807) is 0 Å². The van der Waals surface area contributed by atoms with Gasteiger partial charge in [-0.25, -0.2) is 0 Å². The first kappa shape index (κ1) is 19.9. The molecule has 152 valence electrons. The first-order valence-corrected chi connectivity index (χ1v) is 10.5. The maximum absolute atomic E-state index is 13.2. The Balaban J connectivity index is 1.40. The van der Waals surface area contributed by atoms with Crippen molar-refractivity contribution in [2.75, 3.05) is 19.8 Å². The van der Waals surface area contributed by atoms with Gasteiger partial charge in [-0.15, -0.1) is 0 Å². The van der Waals surface area contributed by atoms with E-state index in [0.717, 1.165) is 29.7 Å². The van der Waals surface area contributed by atoms with Crippen LogP contribution in [0.15, 0.2) is 48.5 Å². The molecule has 0 radical (unpaired) electrons. The fourth-order valence-corrected chi connectivity index (χ4v) is 4.29. The Hall–Kier alpha value is -2.37. The summed E-state index contributed by atoms with van der Waals surface area (Å²) in [5.41, 5.74) is 2.64.